The van der Waals surface area contributed by atoms with E-state index in [0.717, 1.165) is 21.8 Å². The van der Waals surface area contributed by atoms with Crippen LogP contribution in [-0.2, 0) is 16.1 Å². The van der Waals surface area contributed by atoms with Crippen LogP contribution in [0.5, 0.6) is 5.75 Å². The van der Waals surface area contributed by atoms with Gasteiger partial charge in [0.05, 0.1) is 10.5 Å². The number of rotatable bonds is 5. The molecule has 1 aliphatic rings. The molecule has 2 heterocycles. The molecule has 0 saturated heterocycles. The Balaban J connectivity index is 1.45. The summed E-state index contributed by atoms with van der Waals surface area (Å²) in [5.74, 6) is 0.999. The zero-order valence-corrected chi connectivity index (χ0v) is 15.8. The van der Waals surface area contributed by atoms with Gasteiger partial charge in [-0.1, -0.05) is 48.0 Å². The summed E-state index contributed by atoms with van der Waals surface area (Å²) in [7, 11) is 0. The van der Waals surface area contributed by atoms with Gasteiger partial charge in [0.2, 0.25) is 0 Å². The van der Waals surface area contributed by atoms with Gasteiger partial charge in [0.25, 0.3) is 0 Å². The molecule has 0 radical (unpaired) electrons. The third-order valence-electron chi connectivity index (χ3n) is 4.04. The van der Waals surface area contributed by atoms with Crippen LogP contribution < -0.4 is 4.74 Å². The van der Waals surface area contributed by atoms with Crippen molar-refractivity contribution in [2.75, 3.05) is 0 Å². The smallest absolute Gasteiger partial charge is 0.343 e. The number of esters is 1. The summed E-state index contributed by atoms with van der Waals surface area (Å²) in [6.07, 6.45) is 3.58. The topological polar surface area (TPSA) is 35.5 Å². The van der Waals surface area contributed by atoms with E-state index in [1.165, 1.54) is 11.3 Å². The van der Waals surface area contributed by atoms with Crippen molar-refractivity contribution in [1.29, 1.82) is 0 Å². The van der Waals surface area contributed by atoms with E-state index >= 15 is 0 Å². The number of carbonyl (C=O) groups excluding carboxylic acids is 1. The lowest BCUT2D eigenvalue weighted by Crippen LogP contribution is -1.97. The standard InChI is InChI=1S/C22H15ClO3S/c23-19-5-2-1-4-16(19)14-25-18-9-7-15(8-10-18)12-17-13-20(26-22(17)24)21-6-3-11-27-21/h1-13H,14H2/b17-12+. The maximum Gasteiger partial charge on any atom is 0.343 e. The molecule has 1 aromatic heterocycles. The van der Waals surface area contributed by atoms with Gasteiger partial charge >= 0.3 is 5.97 Å². The quantitative estimate of drug-likeness (QED) is 0.395. The number of hydrogen-bond acceptors (Lipinski definition) is 4. The Hall–Kier alpha value is -2.82. The van der Waals surface area contributed by atoms with Crippen LogP contribution in [0, 0.1) is 0 Å². The lowest BCUT2D eigenvalue weighted by atomic mass is 10.1. The number of hydrogen-bond donors (Lipinski definition) is 0. The second-order valence-electron chi connectivity index (χ2n) is 5.92. The van der Waals surface area contributed by atoms with Crippen molar-refractivity contribution in [3.63, 3.8) is 0 Å². The number of benzene rings is 2. The summed E-state index contributed by atoms with van der Waals surface area (Å²) in [5, 5.41) is 2.64. The summed E-state index contributed by atoms with van der Waals surface area (Å²) >= 11 is 7.68. The molecule has 5 heteroatoms. The van der Waals surface area contributed by atoms with E-state index in [1.54, 1.807) is 12.2 Å². The van der Waals surface area contributed by atoms with Crippen molar-refractivity contribution in [3.8, 4) is 5.75 Å². The van der Waals surface area contributed by atoms with Gasteiger partial charge in [-0.25, -0.2) is 4.79 Å². The van der Waals surface area contributed by atoms with Gasteiger partial charge in [-0.2, -0.15) is 0 Å². The van der Waals surface area contributed by atoms with Crippen LogP contribution in [0.25, 0.3) is 11.8 Å². The third-order valence-corrected chi connectivity index (χ3v) is 5.30. The molecule has 27 heavy (non-hydrogen) atoms. The second kappa shape index (κ2) is 7.82. The molecule has 0 atom stereocenters. The highest BCUT2D eigenvalue weighted by Crippen LogP contribution is 2.30. The first-order valence-electron chi connectivity index (χ1n) is 8.35. The fourth-order valence-corrected chi connectivity index (χ4v) is 3.51. The van der Waals surface area contributed by atoms with Gasteiger partial charge in [0.1, 0.15) is 18.1 Å². The monoisotopic (exact) mass is 394 g/mol. The first kappa shape index (κ1) is 17.6. The predicted molar refractivity (Wildman–Crippen MR) is 109 cm³/mol. The maximum absolute atomic E-state index is 12.1. The lowest BCUT2D eigenvalue weighted by molar-refractivity contribution is -0.130. The number of halogens is 1. The normalized spacial score (nSPS) is 14.9. The fourth-order valence-electron chi connectivity index (χ4n) is 2.65. The highest BCUT2D eigenvalue weighted by atomic mass is 35.5. The van der Waals surface area contributed by atoms with Crippen LogP contribution in [0.2, 0.25) is 5.02 Å². The molecular weight excluding hydrogens is 380 g/mol. The minimum atomic E-state index is -0.336. The van der Waals surface area contributed by atoms with Crippen LogP contribution >= 0.6 is 22.9 Å². The van der Waals surface area contributed by atoms with Gasteiger partial charge < -0.3 is 9.47 Å². The van der Waals surface area contributed by atoms with Crippen molar-refractivity contribution < 1.29 is 14.3 Å². The Kier molecular flexibility index (Phi) is 5.10. The first-order valence-corrected chi connectivity index (χ1v) is 9.60. The maximum atomic E-state index is 12.1. The number of carbonyl (C=O) groups is 1. The second-order valence-corrected chi connectivity index (χ2v) is 7.28. The summed E-state index contributed by atoms with van der Waals surface area (Å²) < 4.78 is 11.1. The molecule has 0 saturated carbocycles. The largest absolute Gasteiger partial charge is 0.489 e. The van der Waals surface area contributed by atoms with Gasteiger partial charge in [0, 0.05) is 10.6 Å². The van der Waals surface area contributed by atoms with E-state index in [4.69, 9.17) is 21.1 Å². The third kappa shape index (κ3) is 4.13. The predicted octanol–water partition coefficient (Wildman–Crippen LogP) is 5.96. The summed E-state index contributed by atoms with van der Waals surface area (Å²) in [6.45, 7) is 0.402. The molecule has 2 aromatic carbocycles. The van der Waals surface area contributed by atoms with E-state index in [-0.39, 0.29) is 5.97 Å². The summed E-state index contributed by atoms with van der Waals surface area (Å²) in [5.41, 5.74) is 2.36. The van der Waals surface area contributed by atoms with E-state index < -0.39 is 0 Å². The lowest BCUT2D eigenvalue weighted by Gasteiger charge is -2.08. The molecule has 0 spiro atoms. The Morgan fingerprint density at radius 2 is 1.85 bits per heavy atom. The van der Waals surface area contributed by atoms with Gasteiger partial charge in [-0.15, -0.1) is 11.3 Å². The van der Waals surface area contributed by atoms with Crippen LogP contribution in [0.1, 0.15) is 16.0 Å². The van der Waals surface area contributed by atoms with Crippen LogP contribution in [-0.4, -0.2) is 5.97 Å². The Bertz CT molecular complexity index is 1020. The first-order chi connectivity index (χ1) is 13.2. The van der Waals surface area contributed by atoms with Gasteiger partial charge in [-0.3, -0.25) is 0 Å². The minimum Gasteiger partial charge on any atom is -0.489 e. The van der Waals surface area contributed by atoms with Crippen molar-refractivity contribution in [2.24, 2.45) is 0 Å². The molecule has 0 bridgehead atoms. The van der Waals surface area contributed by atoms with Crippen molar-refractivity contribution >= 4 is 40.7 Å². The van der Waals surface area contributed by atoms with Gasteiger partial charge in [0.15, 0.2) is 0 Å². The average molecular weight is 395 g/mol. The molecule has 0 fully saturated rings. The highest BCUT2D eigenvalue weighted by molar-refractivity contribution is 7.11. The van der Waals surface area contributed by atoms with E-state index in [2.05, 4.69) is 0 Å². The van der Waals surface area contributed by atoms with Crippen molar-refractivity contribution in [1.82, 2.24) is 0 Å². The van der Waals surface area contributed by atoms with Gasteiger partial charge in [-0.05, 0) is 47.4 Å². The fraction of sp³-hybridized carbons (Fsp3) is 0.0455. The van der Waals surface area contributed by atoms with Crippen LogP contribution in [0.15, 0.2) is 77.7 Å². The van der Waals surface area contributed by atoms with Crippen LogP contribution in [0.3, 0.4) is 0 Å². The molecule has 134 valence electrons. The highest BCUT2D eigenvalue weighted by Gasteiger charge is 2.22. The minimum absolute atomic E-state index is 0.336. The molecule has 0 amide bonds. The van der Waals surface area contributed by atoms with E-state index in [0.29, 0.717) is 23.0 Å². The molecule has 3 nitrogen and oxygen atoms in total. The Morgan fingerprint density at radius 3 is 2.59 bits per heavy atom. The number of ether oxygens (including phenoxy) is 2. The average Bonchev–Trinajstić information content (AvgIpc) is 3.33. The Morgan fingerprint density at radius 1 is 1.04 bits per heavy atom. The molecule has 0 unspecified atom stereocenters. The Labute approximate surface area is 166 Å². The zero-order chi connectivity index (χ0) is 18.6. The zero-order valence-electron chi connectivity index (χ0n) is 14.2. The van der Waals surface area contributed by atoms with Crippen LogP contribution in [0.4, 0.5) is 0 Å². The molecule has 3 aromatic rings. The SMILES string of the molecule is O=C1OC(c2cccs2)=C/C1=C\c1ccc(OCc2ccccc2Cl)cc1. The molecule has 0 aliphatic carbocycles. The molecule has 0 N–H and O–H groups in total. The van der Waals surface area contributed by atoms with Crippen molar-refractivity contribution in [2.45, 2.75) is 6.61 Å². The molecule has 4 rings (SSSR count). The number of cyclic esters (lactones) is 1. The molecular formula is C22H15ClO3S. The van der Waals surface area contributed by atoms with Crippen molar-refractivity contribution in [3.05, 3.63) is 98.7 Å². The summed E-state index contributed by atoms with van der Waals surface area (Å²) in [6, 6.07) is 19.0. The van der Waals surface area contributed by atoms with E-state index in [9.17, 15) is 4.79 Å². The van der Waals surface area contributed by atoms with E-state index in [1.807, 2.05) is 66.0 Å². The summed E-state index contributed by atoms with van der Waals surface area (Å²) in [4.78, 5) is 13.0. The molecule has 1 aliphatic heterocycles. The number of thiophene rings is 1.